The normalized spacial score (nSPS) is 15.1. The minimum Gasteiger partial charge on any atom is -0.497 e. The average molecular weight is 317 g/mol. The van der Waals surface area contributed by atoms with Crippen molar-refractivity contribution in [2.24, 2.45) is 5.16 Å². The molecular formula is C16H15NO4S. The van der Waals surface area contributed by atoms with E-state index < -0.39 is 10.1 Å². The van der Waals surface area contributed by atoms with Gasteiger partial charge in [-0.2, -0.15) is 8.42 Å². The van der Waals surface area contributed by atoms with E-state index in [2.05, 4.69) is 5.16 Å². The molecule has 2 aromatic carbocycles. The second-order valence-electron chi connectivity index (χ2n) is 5.08. The number of aryl methyl sites for hydroxylation is 1. The Labute approximate surface area is 129 Å². The van der Waals surface area contributed by atoms with Crippen LogP contribution < -0.4 is 4.74 Å². The number of rotatable bonds is 4. The van der Waals surface area contributed by atoms with E-state index in [1.54, 1.807) is 19.2 Å². The highest BCUT2D eigenvalue weighted by Crippen LogP contribution is 2.28. The molecule has 114 valence electrons. The predicted octanol–water partition coefficient (Wildman–Crippen LogP) is 2.67. The molecule has 0 amide bonds. The van der Waals surface area contributed by atoms with Crippen LogP contribution in [0.2, 0.25) is 0 Å². The van der Waals surface area contributed by atoms with Gasteiger partial charge in [0.15, 0.2) is 0 Å². The molecule has 0 radical (unpaired) electrons. The fraction of sp³-hybridized carbons (Fsp3) is 0.188. The van der Waals surface area contributed by atoms with Crippen LogP contribution in [-0.2, 0) is 20.8 Å². The average Bonchev–Trinajstić information content (AvgIpc) is 2.48. The highest BCUT2D eigenvalue weighted by atomic mass is 32.2. The molecule has 0 unspecified atom stereocenters. The molecule has 6 heteroatoms. The van der Waals surface area contributed by atoms with Gasteiger partial charge in [-0.1, -0.05) is 22.9 Å². The van der Waals surface area contributed by atoms with Crippen LogP contribution in [0.5, 0.6) is 5.75 Å². The van der Waals surface area contributed by atoms with Crippen LogP contribution in [0.15, 0.2) is 52.5 Å². The highest BCUT2D eigenvalue weighted by Gasteiger charge is 2.24. The maximum absolute atomic E-state index is 12.1. The monoisotopic (exact) mass is 317 g/mol. The van der Waals surface area contributed by atoms with Crippen molar-refractivity contribution in [3.05, 3.63) is 59.2 Å². The summed E-state index contributed by atoms with van der Waals surface area (Å²) >= 11 is 0. The Kier molecular flexibility index (Phi) is 3.62. The van der Waals surface area contributed by atoms with Crippen LogP contribution in [-0.4, -0.2) is 21.2 Å². The zero-order valence-electron chi connectivity index (χ0n) is 12.2. The van der Waals surface area contributed by atoms with Crippen LogP contribution in [0, 0.1) is 6.92 Å². The number of fused-ring (bicyclic) bond motifs is 1. The summed E-state index contributed by atoms with van der Waals surface area (Å²) in [4.78, 5) is 0.0942. The molecule has 1 aliphatic rings. The molecule has 3 rings (SSSR count). The molecule has 0 spiro atoms. The number of hydrogen-bond acceptors (Lipinski definition) is 5. The van der Waals surface area contributed by atoms with Gasteiger partial charge in [0, 0.05) is 12.0 Å². The molecule has 0 aromatic heterocycles. The van der Waals surface area contributed by atoms with E-state index in [-0.39, 0.29) is 4.90 Å². The Balaban J connectivity index is 1.78. The number of methoxy groups -OCH3 is 1. The molecule has 2 aromatic rings. The molecule has 0 atom stereocenters. The standard InChI is InChI=1S/C16H15NO4S/c1-11-3-6-14(7-4-11)22(18,19)21-17-16-10-12-9-13(20-2)5-8-15(12)16/h3-9H,10H2,1-2H3. The summed E-state index contributed by atoms with van der Waals surface area (Å²) in [5.74, 6) is 0.769. The van der Waals surface area contributed by atoms with E-state index in [9.17, 15) is 8.42 Å². The van der Waals surface area contributed by atoms with Crippen molar-refractivity contribution in [3.8, 4) is 5.75 Å². The highest BCUT2D eigenvalue weighted by molar-refractivity contribution is 7.86. The first-order valence-corrected chi connectivity index (χ1v) is 8.15. The third-order valence-corrected chi connectivity index (χ3v) is 4.66. The number of oxime groups is 1. The fourth-order valence-electron chi connectivity index (χ4n) is 2.22. The van der Waals surface area contributed by atoms with Gasteiger partial charge in [0.2, 0.25) is 0 Å². The molecule has 0 heterocycles. The van der Waals surface area contributed by atoms with E-state index in [4.69, 9.17) is 9.02 Å². The number of hydrogen-bond donors (Lipinski definition) is 0. The fourth-order valence-corrected chi connectivity index (χ4v) is 2.96. The second-order valence-corrected chi connectivity index (χ2v) is 6.61. The van der Waals surface area contributed by atoms with Gasteiger partial charge in [0.25, 0.3) is 0 Å². The van der Waals surface area contributed by atoms with Crippen LogP contribution in [0.25, 0.3) is 0 Å². The van der Waals surface area contributed by atoms with E-state index in [1.807, 2.05) is 25.1 Å². The summed E-state index contributed by atoms with van der Waals surface area (Å²) in [7, 11) is -2.27. The maximum Gasteiger partial charge on any atom is 0.358 e. The van der Waals surface area contributed by atoms with Crippen molar-refractivity contribution in [1.82, 2.24) is 0 Å². The van der Waals surface area contributed by atoms with Gasteiger partial charge in [-0.3, -0.25) is 4.28 Å². The number of benzene rings is 2. The SMILES string of the molecule is COc1ccc2c(c1)CC2=NOS(=O)(=O)c1ccc(C)cc1. The number of nitrogens with zero attached hydrogens (tertiary/aromatic N) is 1. The smallest absolute Gasteiger partial charge is 0.358 e. The first kappa shape index (κ1) is 14.6. The van der Waals surface area contributed by atoms with Crippen molar-refractivity contribution >= 4 is 15.8 Å². The lowest BCUT2D eigenvalue weighted by molar-refractivity contribution is 0.337. The van der Waals surface area contributed by atoms with Crippen molar-refractivity contribution in [1.29, 1.82) is 0 Å². The predicted molar refractivity (Wildman–Crippen MR) is 82.7 cm³/mol. The summed E-state index contributed by atoms with van der Waals surface area (Å²) in [6.45, 7) is 1.89. The first-order valence-electron chi connectivity index (χ1n) is 6.74. The summed E-state index contributed by atoms with van der Waals surface area (Å²) in [5, 5.41) is 3.78. The summed E-state index contributed by atoms with van der Waals surface area (Å²) in [5.41, 5.74) is 3.55. The van der Waals surface area contributed by atoms with E-state index in [0.717, 1.165) is 22.4 Å². The van der Waals surface area contributed by atoms with Gasteiger partial charge in [-0.25, -0.2) is 0 Å². The molecular weight excluding hydrogens is 302 g/mol. The largest absolute Gasteiger partial charge is 0.497 e. The lowest BCUT2D eigenvalue weighted by atomic mass is 9.86. The molecule has 0 saturated heterocycles. The third kappa shape index (κ3) is 2.69. The molecule has 0 bridgehead atoms. The molecule has 0 saturated carbocycles. The minimum absolute atomic E-state index is 0.0942. The molecule has 5 nitrogen and oxygen atoms in total. The van der Waals surface area contributed by atoms with E-state index in [0.29, 0.717) is 12.1 Å². The Bertz CT molecular complexity index is 839. The van der Waals surface area contributed by atoms with Crippen molar-refractivity contribution in [2.75, 3.05) is 7.11 Å². The van der Waals surface area contributed by atoms with Gasteiger partial charge in [-0.05, 0) is 42.8 Å². The van der Waals surface area contributed by atoms with Crippen molar-refractivity contribution in [3.63, 3.8) is 0 Å². The molecule has 0 N–H and O–H groups in total. The van der Waals surface area contributed by atoms with Gasteiger partial charge in [-0.15, -0.1) is 0 Å². The Hall–Kier alpha value is -2.34. The Morgan fingerprint density at radius 1 is 1.09 bits per heavy atom. The minimum atomic E-state index is -3.88. The lowest BCUT2D eigenvalue weighted by Gasteiger charge is -2.21. The summed E-state index contributed by atoms with van der Waals surface area (Å²) in [6.07, 6.45) is 0.565. The Morgan fingerprint density at radius 3 is 2.45 bits per heavy atom. The molecule has 1 aliphatic carbocycles. The van der Waals surface area contributed by atoms with E-state index in [1.165, 1.54) is 12.1 Å². The zero-order valence-corrected chi connectivity index (χ0v) is 13.1. The van der Waals surface area contributed by atoms with E-state index >= 15 is 0 Å². The molecule has 22 heavy (non-hydrogen) atoms. The van der Waals surface area contributed by atoms with Crippen LogP contribution in [0.3, 0.4) is 0 Å². The first-order chi connectivity index (χ1) is 10.5. The summed E-state index contributed by atoms with van der Waals surface area (Å²) < 4.78 is 34.0. The van der Waals surface area contributed by atoms with Gasteiger partial charge in [0.1, 0.15) is 10.6 Å². The third-order valence-electron chi connectivity index (χ3n) is 3.54. The molecule has 0 aliphatic heterocycles. The van der Waals surface area contributed by atoms with Gasteiger partial charge < -0.3 is 4.74 Å². The Morgan fingerprint density at radius 2 is 1.82 bits per heavy atom. The second kappa shape index (κ2) is 5.46. The topological polar surface area (TPSA) is 65.0 Å². The summed E-state index contributed by atoms with van der Waals surface area (Å²) in [6, 6.07) is 12.0. The van der Waals surface area contributed by atoms with Crippen LogP contribution >= 0.6 is 0 Å². The van der Waals surface area contributed by atoms with Gasteiger partial charge in [0.05, 0.1) is 12.8 Å². The van der Waals surface area contributed by atoms with Crippen LogP contribution in [0.1, 0.15) is 16.7 Å². The van der Waals surface area contributed by atoms with Crippen molar-refractivity contribution in [2.45, 2.75) is 18.2 Å². The zero-order chi connectivity index (χ0) is 15.7. The van der Waals surface area contributed by atoms with Crippen LogP contribution in [0.4, 0.5) is 0 Å². The van der Waals surface area contributed by atoms with Gasteiger partial charge >= 0.3 is 10.1 Å². The number of ether oxygens (including phenoxy) is 1. The molecule has 0 fully saturated rings. The maximum atomic E-state index is 12.1. The lowest BCUT2D eigenvalue weighted by Crippen LogP contribution is -2.21. The van der Waals surface area contributed by atoms with Crippen molar-refractivity contribution < 1.29 is 17.4 Å². The quantitative estimate of drug-likeness (QED) is 0.813.